The maximum absolute atomic E-state index is 12.2. The smallest absolute Gasteiger partial charge is 0.0897 e. The molecule has 0 nitrogen and oxygen atoms in total. The zero-order valence-electron chi connectivity index (χ0n) is 11.8. The van der Waals surface area contributed by atoms with Crippen LogP contribution in [-0.4, -0.2) is 6.67 Å². The fraction of sp³-hybridized carbons (Fsp3) is 0.882. The van der Waals surface area contributed by atoms with Gasteiger partial charge in [0.05, 0.1) is 6.67 Å². The summed E-state index contributed by atoms with van der Waals surface area (Å²) in [7, 11) is 0. The van der Waals surface area contributed by atoms with E-state index in [1.807, 2.05) is 0 Å². The van der Waals surface area contributed by atoms with Crippen LogP contribution in [0.1, 0.15) is 77.0 Å². The van der Waals surface area contributed by atoms with Crippen LogP contribution in [0, 0.1) is 11.3 Å². The first-order valence-corrected chi connectivity index (χ1v) is 8.11. The van der Waals surface area contributed by atoms with Gasteiger partial charge in [-0.25, -0.2) is 0 Å². The SMILES string of the molecule is FCCC/C=C/C1(C2CCCCC2)CCCCC1. The van der Waals surface area contributed by atoms with Gasteiger partial charge in [0.2, 0.25) is 0 Å². The summed E-state index contributed by atoms with van der Waals surface area (Å²) in [5.74, 6) is 0.924. The summed E-state index contributed by atoms with van der Waals surface area (Å²) >= 11 is 0. The minimum absolute atomic E-state index is 0.166. The maximum atomic E-state index is 12.2. The molecule has 2 aliphatic carbocycles. The van der Waals surface area contributed by atoms with Crippen molar-refractivity contribution in [3.63, 3.8) is 0 Å². The van der Waals surface area contributed by atoms with Crippen LogP contribution < -0.4 is 0 Å². The summed E-state index contributed by atoms with van der Waals surface area (Å²) in [6.07, 6.45) is 20.7. The molecule has 0 aliphatic heterocycles. The molecule has 2 rings (SSSR count). The monoisotopic (exact) mass is 252 g/mol. The highest BCUT2D eigenvalue weighted by atomic mass is 19.1. The fourth-order valence-corrected chi connectivity index (χ4v) is 4.11. The van der Waals surface area contributed by atoms with E-state index in [0.717, 1.165) is 12.3 Å². The summed E-state index contributed by atoms with van der Waals surface area (Å²) in [6, 6.07) is 0. The minimum atomic E-state index is -0.166. The van der Waals surface area contributed by atoms with E-state index in [-0.39, 0.29) is 6.67 Å². The van der Waals surface area contributed by atoms with Crippen LogP contribution in [-0.2, 0) is 0 Å². The van der Waals surface area contributed by atoms with E-state index in [9.17, 15) is 4.39 Å². The van der Waals surface area contributed by atoms with Gasteiger partial charge in [0, 0.05) is 0 Å². The first-order chi connectivity index (χ1) is 8.87. The fourth-order valence-electron chi connectivity index (χ4n) is 4.11. The third-order valence-electron chi connectivity index (χ3n) is 5.16. The van der Waals surface area contributed by atoms with E-state index in [2.05, 4.69) is 12.2 Å². The van der Waals surface area contributed by atoms with Crippen molar-refractivity contribution >= 4 is 0 Å². The molecule has 0 aromatic rings. The van der Waals surface area contributed by atoms with Gasteiger partial charge in [0.25, 0.3) is 0 Å². The molecule has 0 amide bonds. The highest BCUT2D eigenvalue weighted by Crippen LogP contribution is 2.49. The van der Waals surface area contributed by atoms with E-state index >= 15 is 0 Å². The van der Waals surface area contributed by atoms with Crippen LogP contribution in [0.4, 0.5) is 4.39 Å². The number of allylic oxidation sites excluding steroid dienone is 2. The van der Waals surface area contributed by atoms with Crippen LogP contribution >= 0.6 is 0 Å². The Morgan fingerprint density at radius 3 is 2.28 bits per heavy atom. The van der Waals surface area contributed by atoms with Crippen LogP contribution in [0.15, 0.2) is 12.2 Å². The van der Waals surface area contributed by atoms with Gasteiger partial charge in [-0.1, -0.05) is 50.7 Å². The molecule has 2 fully saturated rings. The summed E-state index contributed by atoms with van der Waals surface area (Å²) in [6.45, 7) is -0.166. The number of alkyl halides is 1. The van der Waals surface area contributed by atoms with Crippen molar-refractivity contribution in [2.75, 3.05) is 6.67 Å². The lowest BCUT2D eigenvalue weighted by Gasteiger charge is -2.43. The largest absolute Gasteiger partial charge is 0.251 e. The second-order valence-electron chi connectivity index (χ2n) is 6.36. The average Bonchev–Trinajstić information content (AvgIpc) is 2.46. The van der Waals surface area contributed by atoms with E-state index in [4.69, 9.17) is 0 Å². The molecule has 2 saturated carbocycles. The Kier molecular flexibility index (Phi) is 5.72. The summed E-state index contributed by atoms with van der Waals surface area (Å²) in [4.78, 5) is 0. The van der Waals surface area contributed by atoms with Crippen molar-refractivity contribution in [2.45, 2.75) is 77.0 Å². The lowest BCUT2D eigenvalue weighted by molar-refractivity contribution is 0.118. The van der Waals surface area contributed by atoms with Gasteiger partial charge in [-0.15, -0.1) is 0 Å². The van der Waals surface area contributed by atoms with Gasteiger partial charge in [0.15, 0.2) is 0 Å². The summed E-state index contributed by atoms with van der Waals surface area (Å²) in [5.41, 5.74) is 0.495. The lowest BCUT2D eigenvalue weighted by atomic mass is 9.61. The molecular weight excluding hydrogens is 223 g/mol. The zero-order valence-corrected chi connectivity index (χ0v) is 11.8. The van der Waals surface area contributed by atoms with E-state index in [1.54, 1.807) is 0 Å². The number of unbranched alkanes of at least 4 members (excludes halogenated alkanes) is 1. The molecule has 104 valence electrons. The predicted octanol–water partition coefficient (Wildman–Crippen LogP) is 5.82. The molecule has 0 aromatic heterocycles. The molecule has 0 N–H and O–H groups in total. The van der Waals surface area contributed by atoms with Gasteiger partial charge in [-0.05, 0) is 49.9 Å². The van der Waals surface area contributed by atoms with Crippen molar-refractivity contribution in [1.82, 2.24) is 0 Å². The number of halogens is 1. The van der Waals surface area contributed by atoms with Gasteiger partial charge in [-0.3, -0.25) is 4.39 Å². The first kappa shape index (κ1) is 14.1. The standard InChI is InChI=1S/C17H29F/c18-15-9-3-8-14-17(12-6-2-7-13-17)16-10-4-1-5-11-16/h8,14,16H,1-7,9-13,15H2/b14-8+. The highest BCUT2D eigenvalue weighted by Gasteiger charge is 2.37. The molecular formula is C17H29F. The molecule has 0 unspecified atom stereocenters. The molecule has 1 heteroatoms. The lowest BCUT2D eigenvalue weighted by Crippen LogP contribution is -2.32. The topological polar surface area (TPSA) is 0 Å². The van der Waals surface area contributed by atoms with Crippen LogP contribution in [0.3, 0.4) is 0 Å². The van der Waals surface area contributed by atoms with Crippen molar-refractivity contribution in [3.05, 3.63) is 12.2 Å². The van der Waals surface area contributed by atoms with Crippen LogP contribution in [0.5, 0.6) is 0 Å². The first-order valence-electron chi connectivity index (χ1n) is 8.11. The van der Waals surface area contributed by atoms with Crippen molar-refractivity contribution < 1.29 is 4.39 Å². The zero-order chi connectivity index (χ0) is 12.7. The molecule has 0 aromatic carbocycles. The Morgan fingerprint density at radius 1 is 0.944 bits per heavy atom. The minimum Gasteiger partial charge on any atom is -0.251 e. The van der Waals surface area contributed by atoms with Crippen molar-refractivity contribution in [2.24, 2.45) is 11.3 Å². The quantitative estimate of drug-likeness (QED) is 0.427. The Bertz CT molecular complexity index is 244. The predicted molar refractivity (Wildman–Crippen MR) is 76.4 cm³/mol. The molecule has 0 spiro atoms. The van der Waals surface area contributed by atoms with Crippen molar-refractivity contribution in [1.29, 1.82) is 0 Å². The molecule has 0 saturated heterocycles. The third kappa shape index (κ3) is 3.59. The highest BCUT2D eigenvalue weighted by molar-refractivity contribution is 5.05. The molecule has 0 bridgehead atoms. The molecule has 18 heavy (non-hydrogen) atoms. The third-order valence-corrected chi connectivity index (χ3v) is 5.16. The second-order valence-corrected chi connectivity index (χ2v) is 6.36. The Morgan fingerprint density at radius 2 is 1.61 bits per heavy atom. The maximum Gasteiger partial charge on any atom is 0.0897 e. The molecule has 2 aliphatic rings. The van der Waals surface area contributed by atoms with E-state index in [1.165, 1.54) is 64.2 Å². The summed E-state index contributed by atoms with van der Waals surface area (Å²) < 4.78 is 12.2. The van der Waals surface area contributed by atoms with Gasteiger partial charge < -0.3 is 0 Å². The summed E-state index contributed by atoms with van der Waals surface area (Å²) in [5, 5.41) is 0. The van der Waals surface area contributed by atoms with Gasteiger partial charge >= 0.3 is 0 Å². The van der Waals surface area contributed by atoms with Crippen LogP contribution in [0.25, 0.3) is 0 Å². The van der Waals surface area contributed by atoms with Gasteiger partial charge in [-0.2, -0.15) is 0 Å². The molecule has 0 atom stereocenters. The Balaban J connectivity index is 1.99. The average molecular weight is 252 g/mol. The Hall–Kier alpha value is -0.330. The normalized spacial score (nSPS) is 25.6. The van der Waals surface area contributed by atoms with E-state index < -0.39 is 0 Å². The second kappa shape index (κ2) is 7.31. The van der Waals surface area contributed by atoms with Crippen molar-refractivity contribution in [3.8, 4) is 0 Å². The Labute approximate surface area is 112 Å². The molecule has 0 heterocycles. The number of hydrogen-bond acceptors (Lipinski definition) is 0. The van der Waals surface area contributed by atoms with Crippen LogP contribution in [0.2, 0.25) is 0 Å². The van der Waals surface area contributed by atoms with E-state index in [0.29, 0.717) is 11.8 Å². The van der Waals surface area contributed by atoms with Gasteiger partial charge in [0.1, 0.15) is 0 Å². The number of rotatable bonds is 5. The number of hydrogen-bond donors (Lipinski definition) is 0. The molecule has 0 radical (unpaired) electrons.